The van der Waals surface area contributed by atoms with Crippen molar-refractivity contribution in [3.63, 3.8) is 0 Å². The molecule has 0 atom stereocenters. The maximum Gasteiger partial charge on any atom is 0.266 e. The zero-order valence-electron chi connectivity index (χ0n) is 13.7. The number of carbonyl (C=O) groups excluding carboxylic acids is 1. The summed E-state index contributed by atoms with van der Waals surface area (Å²) in [4.78, 5) is 23.7. The minimum Gasteiger partial charge on any atom is -0.322 e. The van der Waals surface area contributed by atoms with E-state index in [1.807, 2.05) is 48.5 Å². The highest BCUT2D eigenvalue weighted by atomic mass is 16.1. The molecule has 0 saturated carbocycles. The molecule has 0 aliphatic heterocycles. The second-order valence-electron chi connectivity index (χ2n) is 5.46. The smallest absolute Gasteiger partial charge is 0.266 e. The highest BCUT2D eigenvalue weighted by Crippen LogP contribution is 2.25. The van der Waals surface area contributed by atoms with Crippen molar-refractivity contribution in [2.75, 3.05) is 5.32 Å². The molecule has 0 spiro atoms. The third kappa shape index (κ3) is 4.09. The first kappa shape index (κ1) is 16.4. The van der Waals surface area contributed by atoms with E-state index < -0.39 is 0 Å². The molecule has 0 fully saturated rings. The van der Waals surface area contributed by atoms with E-state index in [4.69, 9.17) is 0 Å². The van der Waals surface area contributed by atoms with E-state index in [0.29, 0.717) is 11.4 Å². The van der Waals surface area contributed by atoms with E-state index in [0.717, 1.165) is 11.1 Å². The summed E-state index contributed by atoms with van der Waals surface area (Å²) in [6.07, 6.45) is 3.24. The van der Waals surface area contributed by atoms with Crippen LogP contribution in [-0.4, -0.2) is 15.7 Å². The summed E-state index contributed by atoms with van der Waals surface area (Å²) in [7, 11) is 1.59. The predicted molar refractivity (Wildman–Crippen MR) is 99.0 cm³/mol. The molecule has 2 aromatic carbocycles. The number of rotatable bonds is 4. The highest BCUT2D eigenvalue weighted by molar-refractivity contribution is 6.04. The predicted octanol–water partition coefficient (Wildman–Crippen LogP) is 3.10. The first-order valence-corrected chi connectivity index (χ1v) is 7.81. The number of anilines is 1. The molecular weight excluding hydrogens is 314 g/mol. The number of benzene rings is 2. The number of nitrogens with one attached hydrogen (secondary N) is 1. The van der Waals surface area contributed by atoms with Gasteiger partial charge in [-0.2, -0.15) is 5.10 Å². The summed E-state index contributed by atoms with van der Waals surface area (Å²) < 4.78 is 1.27. The molecular formula is C20H17N3O2. The first-order valence-electron chi connectivity index (χ1n) is 7.81. The lowest BCUT2D eigenvalue weighted by atomic mass is 10.1. The summed E-state index contributed by atoms with van der Waals surface area (Å²) in [5.41, 5.74) is 2.77. The van der Waals surface area contributed by atoms with Gasteiger partial charge in [-0.25, -0.2) is 4.68 Å². The van der Waals surface area contributed by atoms with Gasteiger partial charge in [0.05, 0.1) is 11.4 Å². The van der Waals surface area contributed by atoms with Crippen LogP contribution >= 0.6 is 0 Å². The number of amides is 1. The molecule has 0 radical (unpaired) electrons. The van der Waals surface area contributed by atoms with E-state index in [2.05, 4.69) is 10.4 Å². The molecule has 1 N–H and O–H groups in total. The number of aryl methyl sites for hydroxylation is 1. The Kier molecular flexibility index (Phi) is 4.85. The van der Waals surface area contributed by atoms with Gasteiger partial charge in [0.25, 0.3) is 5.56 Å². The van der Waals surface area contributed by atoms with Gasteiger partial charge in [0.15, 0.2) is 0 Å². The van der Waals surface area contributed by atoms with Crippen LogP contribution in [0.5, 0.6) is 0 Å². The fraction of sp³-hybridized carbons (Fsp3) is 0.0500. The lowest BCUT2D eigenvalue weighted by Crippen LogP contribution is -2.18. The minimum absolute atomic E-state index is 0.184. The molecule has 1 heterocycles. The Bertz CT molecular complexity index is 975. The van der Waals surface area contributed by atoms with Crippen molar-refractivity contribution in [1.82, 2.24) is 9.78 Å². The molecule has 124 valence electrons. The van der Waals surface area contributed by atoms with Gasteiger partial charge in [-0.05, 0) is 23.8 Å². The number of para-hydroxylation sites is 1. The lowest BCUT2D eigenvalue weighted by molar-refractivity contribution is -0.111. The Morgan fingerprint density at radius 1 is 1.00 bits per heavy atom. The van der Waals surface area contributed by atoms with Gasteiger partial charge >= 0.3 is 0 Å². The van der Waals surface area contributed by atoms with Crippen molar-refractivity contribution in [2.45, 2.75) is 0 Å². The quantitative estimate of drug-likeness (QED) is 0.747. The molecule has 0 aliphatic rings. The third-order valence-electron chi connectivity index (χ3n) is 3.65. The maximum atomic E-state index is 12.2. The van der Waals surface area contributed by atoms with Gasteiger partial charge in [-0.15, -0.1) is 0 Å². The minimum atomic E-state index is -0.235. The summed E-state index contributed by atoms with van der Waals surface area (Å²) in [5.74, 6) is -0.235. The average molecular weight is 331 g/mol. The Morgan fingerprint density at radius 2 is 1.72 bits per heavy atom. The Balaban J connectivity index is 1.83. The van der Waals surface area contributed by atoms with Crippen LogP contribution in [0, 0.1) is 0 Å². The van der Waals surface area contributed by atoms with Crippen molar-refractivity contribution >= 4 is 17.7 Å². The average Bonchev–Trinajstić information content (AvgIpc) is 2.64. The molecule has 5 nitrogen and oxygen atoms in total. The van der Waals surface area contributed by atoms with Crippen LogP contribution in [0.15, 0.2) is 77.6 Å². The SMILES string of the molecule is Cn1nc(-c2ccccc2NC(=O)C=Cc2ccccc2)ccc1=O. The van der Waals surface area contributed by atoms with E-state index in [9.17, 15) is 9.59 Å². The van der Waals surface area contributed by atoms with Gasteiger partial charge < -0.3 is 5.32 Å². The number of carbonyl (C=O) groups is 1. The molecule has 25 heavy (non-hydrogen) atoms. The Hall–Kier alpha value is -3.47. The van der Waals surface area contributed by atoms with Gasteiger partial charge in [-0.3, -0.25) is 9.59 Å². The zero-order valence-corrected chi connectivity index (χ0v) is 13.7. The van der Waals surface area contributed by atoms with Gasteiger partial charge in [0.1, 0.15) is 0 Å². The second kappa shape index (κ2) is 7.40. The van der Waals surface area contributed by atoms with Crippen molar-refractivity contribution in [1.29, 1.82) is 0 Å². The Morgan fingerprint density at radius 3 is 2.48 bits per heavy atom. The van der Waals surface area contributed by atoms with Crippen molar-refractivity contribution < 1.29 is 4.79 Å². The van der Waals surface area contributed by atoms with Gasteiger partial charge in [-0.1, -0.05) is 48.5 Å². The van der Waals surface area contributed by atoms with Crippen LogP contribution in [0.25, 0.3) is 17.3 Å². The molecule has 0 unspecified atom stereocenters. The summed E-state index contributed by atoms with van der Waals surface area (Å²) in [6, 6.07) is 20.0. The van der Waals surface area contributed by atoms with E-state index >= 15 is 0 Å². The van der Waals surface area contributed by atoms with Crippen molar-refractivity contribution in [3.05, 3.63) is 88.7 Å². The number of hydrogen-bond acceptors (Lipinski definition) is 3. The molecule has 0 bridgehead atoms. The fourth-order valence-electron chi connectivity index (χ4n) is 2.37. The molecule has 3 rings (SSSR count). The van der Waals surface area contributed by atoms with Gasteiger partial charge in [0, 0.05) is 24.8 Å². The number of hydrogen-bond donors (Lipinski definition) is 1. The van der Waals surface area contributed by atoms with Crippen molar-refractivity contribution in [2.24, 2.45) is 7.05 Å². The standard InChI is InChI=1S/C20H17N3O2/c1-23-20(25)14-12-18(22-23)16-9-5-6-10-17(16)21-19(24)13-11-15-7-3-2-4-8-15/h2-14H,1H3,(H,21,24). The molecule has 1 amide bonds. The van der Waals surface area contributed by atoms with Crippen LogP contribution in [0.1, 0.15) is 5.56 Å². The first-order chi connectivity index (χ1) is 12.1. The summed E-state index contributed by atoms with van der Waals surface area (Å²) >= 11 is 0. The fourth-order valence-corrected chi connectivity index (χ4v) is 2.37. The molecule has 3 aromatic rings. The molecule has 5 heteroatoms. The van der Waals surface area contributed by atoms with E-state index in [-0.39, 0.29) is 11.5 Å². The number of aromatic nitrogens is 2. The monoisotopic (exact) mass is 331 g/mol. The highest BCUT2D eigenvalue weighted by Gasteiger charge is 2.08. The summed E-state index contributed by atoms with van der Waals surface area (Å²) in [5, 5.41) is 7.10. The summed E-state index contributed by atoms with van der Waals surface area (Å²) in [6.45, 7) is 0. The second-order valence-corrected chi connectivity index (χ2v) is 5.46. The maximum absolute atomic E-state index is 12.2. The van der Waals surface area contributed by atoms with Crippen LogP contribution in [0.2, 0.25) is 0 Å². The topological polar surface area (TPSA) is 64.0 Å². The van der Waals surface area contributed by atoms with Crippen molar-refractivity contribution in [3.8, 4) is 11.3 Å². The molecule has 1 aromatic heterocycles. The van der Waals surface area contributed by atoms with E-state index in [1.165, 1.54) is 16.8 Å². The van der Waals surface area contributed by atoms with E-state index in [1.54, 1.807) is 25.3 Å². The van der Waals surface area contributed by atoms with Crippen LogP contribution in [-0.2, 0) is 11.8 Å². The third-order valence-corrected chi connectivity index (χ3v) is 3.65. The van der Waals surface area contributed by atoms with Gasteiger partial charge in [0.2, 0.25) is 5.91 Å². The van der Waals surface area contributed by atoms with Crippen LogP contribution < -0.4 is 10.9 Å². The Labute approximate surface area is 145 Å². The van der Waals surface area contributed by atoms with Crippen LogP contribution in [0.4, 0.5) is 5.69 Å². The zero-order chi connectivity index (χ0) is 17.6. The number of nitrogens with zero attached hydrogens (tertiary/aromatic N) is 2. The molecule has 0 saturated heterocycles. The molecule has 0 aliphatic carbocycles. The lowest BCUT2D eigenvalue weighted by Gasteiger charge is -2.10. The normalized spacial score (nSPS) is 10.8. The largest absolute Gasteiger partial charge is 0.322 e. The van der Waals surface area contributed by atoms with Crippen LogP contribution in [0.3, 0.4) is 0 Å².